The molecule has 0 aromatic heterocycles. The Balaban J connectivity index is 1.96. The van der Waals surface area contributed by atoms with Crippen molar-refractivity contribution < 1.29 is 24.1 Å². The van der Waals surface area contributed by atoms with E-state index in [-0.39, 0.29) is 17.8 Å². The third-order valence-corrected chi connectivity index (χ3v) is 6.10. The molecule has 1 aromatic carbocycles. The molecule has 0 radical (unpaired) electrons. The second-order valence-corrected chi connectivity index (χ2v) is 7.48. The van der Waals surface area contributed by atoms with Gasteiger partial charge in [0, 0.05) is 23.9 Å². The van der Waals surface area contributed by atoms with Crippen LogP contribution in [-0.4, -0.2) is 55.9 Å². The van der Waals surface area contributed by atoms with Gasteiger partial charge in [-0.15, -0.1) is 0 Å². The number of phenolic OH excluding ortho intramolecular Hbond substituents is 1. The summed E-state index contributed by atoms with van der Waals surface area (Å²) in [6.07, 6.45) is 5.09. The molecule has 6 heteroatoms. The van der Waals surface area contributed by atoms with Gasteiger partial charge in [-0.3, -0.25) is 9.69 Å². The predicted octanol–water partition coefficient (Wildman–Crippen LogP) is 2.30. The van der Waals surface area contributed by atoms with Crippen LogP contribution in [0, 0.1) is 0 Å². The van der Waals surface area contributed by atoms with Crippen LogP contribution >= 0.6 is 0 Å². The molecule has 0 spiro atoms. The van der Waals surface area contributed by atoms with Crippen LogP contribution in [0.15, 0.2) is 35.6 Å². The molecule has 2 aliphatic carbocycles. The molecule has 1 N–H and O–H groups in total. The van der Waals surface area contributed by atoms with Crippen LogP contribution in [-0.2, 0) is 26.1 Å². The second kappa shape index (κ2) is 6.30. The molecule has 1 aromatic rings. The first-order chi connectivity index (χ1) is 12.9. The monoisotopic (exact) mass is 371 g/mol. The summed E-state index contributed by atoms with van der Waals surface area (Å²) in [6, 6.07) is 4.05. The first-order valence-corrected chi connectivity index (χ1v) is 9.17. The zero-order valence-corrected chi connectivity index (χ0v) is 16.1. The highest BCUT2D eigenvalue weighted by molar-refractivity contribution is 5.68. The molecule has 2 bridgehead atoms. The van der Waals surface area contributed by atoms with Crippen molar-refractivity contribution in [2.75, 3.05) is 27.8 Å². The van der Waals surface area contributed by atoms with Crippen LogP contribution in [0.25, 0.3) is 0 Å². The molecule has 1 aliphatic heterocycles. The number of esters is 1. The quantitative estimate of drug-likeness (QED) is 0.650. The number of hydrogen-bond donors (Lipinski definition) is 1. The number of allylic oxidation sites excluding steroid dienone is 1. The summed E-state index contributed by atoms with van der Waals surface area (Å²) in [6.45, 7) is 2.29. The molecule has 1 saturated heterocycles. The fraction of sp³-hybridized carbons (Fsp3) is 0.476. The Morgan fingerprint density at radius 2 is 2.07 bits per heavy atom. The van der Waals surface area contributed by atoms with Crippen molar-refractivity contribution in [1.82, 2.24) is 4.90 Å². The number of likely N-dealkylation sites (tertiary alicyclic amines) is 1. The Kier molecular flexibility index (Phi) is 4.18. The third kappa shape index (κ3) is 2.54. The lowest BCUT2D eigenvalue weighted by Crippen LogP contribution is -2.54. The lowest BCUT2D eigenvalue weighted by Gasteiger charge is -2.53. The summed E-state index contributed by atoms with van der Waals surface area (Å²) in [7, 11) is 5.25. The summed E-state index contributed by atoms with van der Waals surface area (Å²) in [5, 5.41) is 11.0. The normalized spacial score (nSPS) is 29.0. The van der Waals surface area contributed by atoms with E-state index in [2.05, 4.69) is 11.9 Å². The first kappa shape index (κ1) is 17.9. The molecule has 6 nitrogen and oxygen atoms in total. The maximum Gasteiger partial charge on any atom is 0.303 e. The van der Waals surface area contributed by atoms with Gasteiger partial charge in [-0.2, -0.15) is 0 Å². The number of likely N-dealkylation sites (N-methyl/N-ethyl adjacent to an activating group) is 1. The fourth-order valence-corrected chi connectivity index (χ4v) is 4.88. The van der Waals surface area contributed by atoms with Gasteiger partial charge in [0.15, 0.2) is 17.6 Å². The fourth-order valence-electron chi connectivity index (χ4n) is 4.88. The highest BCUT2D eigenvalue weighted by Crippen LogP contribution is 2.56. The highest BCUT2D eigenvalue weighted by Gasteiger charge is 2.52. The molecule has 3 atom stereocenters. The lowest BCUT2D eigenvalue weighted by atomic mass is 9.58. The number of aromatic hydroxyl groups is 1. The molecule has 27 heavy (non-hydrogen) atoms. The zero-order valence-electron chi connectivity index (χ0n) is 16.1. The van der Waals surface area contributed by atoms with E-state index < -0.39 is 11.5 Å². The number of carbonyl (C=O) groups is 1. The molecule has 144 valence electrons. The minimum Gasteiger partial charge on any atom is -0.504 e. The SMILES string of the molecule is COC1=C[C@]23CCN(C)[C@@H](Cc4ccc(OC)c(O)c42)C3=C[C@@H]1OC(C)=O. The Morgan fingerprint density at radius 1 is 1.30 bits per heavy atom. The van der Waals surface area contributed by atoms with Gasteiger partial charge in [0.1, 0.15) is 5.76 Å². The molecular formula is C21H25NO5. The summed E-state index contributed by atoms with van der Waals surface area (Å²) < 4.78 is 16.5. The van der Waals surface area contributed by atoms with Gasteiger partial charge in [-0.25, -0.2) is 0 Å². The Hall–Kier alpha value is -2.47. The van der Waals surface area contributed by atoms with Crippen molar-refractivity contribution >= 4 is 5.97 Å². The van der Waals surface area contributed by atoms with E-state index >= 15 is 0 Å². The molecule has 0 unspecified atom stereocenters. The molecule has 3 aliphatic rings. The van der Waals surface area contributed by atoms with E-state index in [1.807, 2.05) is 24.3 Å². The number of fused-ring (bicyclic) bond motifs is 1. The number of hydrogen-bond acceptors (Lipinski definition) is 6. The van der Waals surface area contributed by atoms with E-state index in [4.69, 9.17) is 14.2 Å². The number of methoxy groups -OCH3 is 2. The number of carbonyl (C=O) groups excluding carboxylic acids is 1. The third-order valence-electron chi connectivity index (χ3n) is 6.10. The van der Waals surface area contributed by atoms with Gasteiger partial charge < -0.3 is 19.3 Å². The highest BCUT2D eigenvalue weighted by atomic mass is 16.6. The maximum absolute atomic E-state index is 11.6. The Bertz CT molecular complexity index is 858. The standard InChI is InChI=1S/C21H25NO5/c1-12(23)27-17-10-14-15-9-13-5-6-16(25-3)20(24)19(13)21(14,7-8-22(15)2)11-18(17)26-4/h5-6,10-11,15,17,24H,7-9H2,1-4H3/t15-,17-,21-/m0/s1. The smallest absolute Gasteiger partial charge is 0.303 e. The van der Waals surface area contributed by atoms with Gasteiger partial charge in [-0.1, -0.05) is 6.07 Å². The number of ether oxygens (including phenoxy) is 3. The second-order valence-electron chi connectivity index (χ2n) is 7.48. The van der Waals surface area contributed by atoms with Crippen LogP contribution in [0.5, 0.6) is 11.5 Å². The number of benzene rings is 1. The molecule has 0 amide bonds. The van der Waals surface area contributed by atoms with E-state index in [0.717, 1.165) is 36.1 Å². The van der Waals surface area contributed by atoms with Crippen molar-refractivity contribution in [3.8, 4) is 11.5 Å². The van der Waals surface area contributed by atoms with Crippen molar-refractivity contribution in [1.29, 1.82) is 0 Å². The molecular weight excluding hydrogens is 346 g/mol. The van der Waals surface area contributed by atoms with Gasteiger partial charge in [-0.05, 0) is 55.8 Å². The first-order valence-electron chi connectivity index (χ1n) is 9.17. The minimum absolute atomic E-state index is 0.182. The summed E-state index contributed by atoms with van der Waals surface area (Å²) in [5.41, 5.74) is 2.66. The maximum atomic E-state index is 11.6. The van der Waals surface area contributed by atoms with Crippen molar-refractivity contribution in [2.45, 2.75) is 37.3 Å². The van der Waals surface area contributed by atoms with Gasteiger partial charge in [0.2, 0.25) is 0 Å². The molecule has 1 fully saturated rings. The Morgan fingerprint density at radius 3 is 2.74 bits per heavy atom. The van der Waals surface area contributed by atoms with E-state index in [1.165, 1.54) is 6.92 Å². The van der Waals surface area contributed by atoms with Crippen molar-refractivity contribution in [3.05, 3.63) is 46.7 Å². The predicted molar refractivity (Wildman–Crippen MR) is 99.8 cm³/mol. The van der Waals surface area contributed by atoms with Gasteiger partial charge in [0.25, 0.3) is 0 Å². The number of rotatable bonds is 3. The number of phenols is 1. The van der Waals surface area contributed by atoms with Crippen molar-refractivity contribution in [2.24, 2.45) is 0 Å². The van der Waals surface area contributed by atoms with Gasteiger partial charge >= 0.3 is 5.97 Å². The van der Waals surface area contributed by atoms with E-state index in [9.17, 15) is 9.90 Å². The topological polar surface area (TPSA) is 68.2 Å². The summed E-state index contributed by atoms with van der Waals surface area (Å²) in [4.78, 5) is 13.9. The van der Waals surface area contributed by atoms with E-state index in [1.54, 1.807) is 14.2 Å². The summed E-state index contributed by atoms with van der Waals surface area (Å²) >= 11 is 0. The number of piperidine rings is 1. The zero-order chi connectivity index (χ0) is 19.3. The largest absolute Gasteiger partial charge is 0.504 e. The average molecular weight is 371 g/mol. The van der Waals surface area contributed by atoms with Crippen molar-refractivity contribution in [3.63, 3.8) is 0 Å². The van der Waals surface area contributed by atoms with Gasteiger partial charge in [0.05, 0.1) is 14.2 Å². The van der Waals surface area contributed by atoms with Crippen LogP contribution in [0.2, 0.25) is 0 Å². The van der Waals surface area contributed by atoms with Crippen LogP contribution < -0.4 is 4.74 Å². The lowest BCUT2D eigenvalue weighted by molar-refractivity contribution is -0.144. The molecule has 1 heterocycles. The van der Waals surface area contributed by atoms with Crippen LogP contribution in [0.4, 0.5) is 0 Å². The summed E-state index contributed by atoms with van der Waals surface area (Å²) in [5.74, 6) is 0.887. The number of nitrogens with zero attached hydrogens (tertiary/aromatic N) is 1. The molecule has 4 rings (SSSR count). The minimum atomic E-state index is -0.543. The Labute approximate surface area is 159 Å². The van der Waals surface area contributed by atoms with Crippen LogP contribution in [0.1, 0.15) is 24.5 Å². The van der Waals surface area contributed by atoms with Crippen LogP contribution in [0.3, 0.4) is 0 Å². The van der Waals surface area contributed by atoms with E-state index in [0.29, 0.717) is 11.5 Å². The average Bonchev–Trinajstić information content (AvgIpc) is 2.64. The molecule has 0 saturated carbocycles.